The van der Waals surface area contributed by atoms with E-state index in [4.69, 9.17) is 0 Å². The highest BCUT2D eigenvalue weighted by Crippen LogP contribution is 2.12. The maximum atomic E-state index is 12.4. The van der Waals surface area contributed by atoms with E-state index in [0.717, 1.165) is 5.56 Å². The SMILES string of the molecule is Cc1ccc(Nc2ccc(NCCNC(=O)Cn3cnc4ccccc4c3=O)nn2)nc1. The predicted octanol–water partition coefficient (Wildman–Crippen LogP) is 1.86. The van der Waals surface area contributed by atoms with Crippen LogP contribution in [0.5, 0.6) is 0 Å². The third kappa shape index (κ3) is 5.22. The van der Waals surface area contributed by atoms with Crippen LogP contribution in [0.25, 0.3) is 10.9 Å². The third-order valence-corrected chi connectivity index (χ3v) is 4.63. The Labute approximate surface area is 183 Å². The molecule has 0 aliphatic rings. The zero-order valence-corrected chi connectivity index (χ0v) is 17.4. The standard InChI is InChI=1S/C22H22N8O2/c1-15-6-7-18(25-12-15)27-20-9-8-19(28-29-20)23-10-11-24-21(31)13-30-14-26-17-5-3-2-4-16(17)22(30)32/h2-9,12,14H,10-11,13H2,1H3,(H,23,28)(H,24,31)(H,25,27,29). The van der Waals surface area contributed by atoms with Gasteiger partial charge in [-0.25, -0.2) is 9.97 Å². The fraction of sp³-hybridized carbons (Fsp3) is 0.182. The molecule has 1 amide bonds. The lowest BCUT2D eigenvalue weighted by Gasteiger charge is -2.09. The predicted molar refractivity (Wildman–Crippen MR) is 122 cm³/mol. The number of nitrogens with zero attached hydrogens (tertiary/aromatic N) is 5. The number of rotatable bonds is 8. The first-order chi connectivity index (χ1) is 15.6. The molecule has 10 nitrogen and oxygen atoms in total. The van der Waals surface area contributed by atoms with Crippen LogP contribution in [0.15, 0.2) is 65.8 Å². The second-order valence-corrected chi connectivity index (χ2v) is 7.12. The Balaban J connectivity index is 1.23. The van der Waals surface area contributed by atoms with Crippen LogP contribution in [-0.2, 0) is 11.3 Å². The van der Waals surface area contributed by atoms with Crippen LogP contribution in [0, 0.1) is 6.92 Å². The number of aryl methyl sites for hydroxylation is 1. The highest BCUT2D eigenvalue weighted by molar-refractivity contribution is 5.78. The van der Waals surface area contributed by atoms with Crippen molar-refractivity contribution in [2.75, 3.05) is 23.7 Å². The highest BCUT2D eigenvalue weighted by atomic mass is 16.2. The zero-order valence-electron chi connectivity index (χ0n) is 17.4. The largest absolute Gasteiger partial charge is 0.367 e. The summed E-state index contributed by atoms with van der Waals surface area (Å²) >= 11 is 0. The number of carbonyl (C=O) groups excluding carboxylic acids is 1. The van der Waals surface area contributed by atoms with E-state index in [1.165, 1.54) is 10.9 Å². The number of amides is 1. The average molecular weight is 430 g/mol. The number of nitrogens with one attached hydrogen (secondary N) is 3. The quantitative estimate of drug-likeness (QED) is 0.362. The minimum atomic E-state index is -0.276. The van der Waals surface area contributed by atoms with Gasteiger partial charge in [-0.2, -0.15) is 0 Å². The molecule has 0 saturated heterocycles. The van der Waals surface area contributed by atoms with Crippen LogP contribution >= 0.6 is 0 Å². The Morgan fingerprint density at radius 1 is 0.938 bits per heavy atom. The molecule has 32 heavy (non-hydrogen) atoms. The molecular formula is C22H22N8O2. The molecule has 3 aromatic heterocycles. The molecule has 0 fully saturated rings. The van der Waals surface area contributed by atoms with E-state index in [1.54, 1.807) is 36.5 Å². The van der Waals surface area contributed by atoms with E-state index >= 15 is 0 Å². The molecule has 0 bridgehead atoms. The third-order valence-electron chi connectivity index (χ3n) is 4.63. The Hall–Kier alpha value is -4.34. The molecule has 4 aromatic rings. The number of aromatic nitrogens is 5. The van der Waals surface area contributed by atoms with E-state index in [-0.39, 0.29) is 18.0 Å². The fourth-order valence-corrected chi connectivity index (χ4v) is 2.99. The first kappa shape index (κ1) is 20.9. The van der Waals surface area contributed by atoms with Gasteiger partial charge < -0.3 is 16.0 Å². The van der Waals surface area contributed by atoms with Gasteiger partial charge in [-0.3, -0.25) is 14.2 Å². The van der Waals surface area contributed by atoms with Gasteiger partial charge >= 0.3 is 0 Å². The molecule has 0 aliphatic carbocycles. The summed E-state index contributed by atoms with van der Waals surface area (Å²) in [7, 11) is 0. The van der Waals surface area contributed by atoms with Crippen LogP contribution in [0.4, 0.5) is 17.5 Å². The molecule has 162 valence electrons. The number of benzene rings is 1. The molecule has 0 saturated carbocycles. The monoisotopic (exact) mass is 430 g/mol. The lowest BCUT2D eigenvalue weighted by Crippen LogP contribution is -2.35. The van der Waals surface area contributed by atoms with Gasteiger partial charge in [-0.1, -0.05) is 18.2 Å². The van der Waals surface area contributed by atoms with Crippen molar-refractivity contribution in [3.8, 4) is 0 Å². The van der Waals surface area contributed by atoms with E-state index in [2.05, 4.69) is 36.1 Å². The first-order valence-electron chi connectivity index (χ1n) is 10.1. The number of hydrogen-bond acceptors (Lipinski definition) is 8. The van der Waals surface area contributed by atoms with Crippen molar-refractivity contribution in [3.05, 3.63) is 77.0 Å². The summed E-state index contributed by atoms with van der Waals surface area (Å²) in [6.07, 6.45) is 3.16. The van der Waals surface area contributed by atoms with E-state index in [1.807, 2.05) is 25.1 Å². The molecule has 10 heteroatoms. The topological polar surface area (TPSA) is 127 Å². The Kier molecular flexibility index (Phi) is 6.30. The van der Waals surface area contributed by atoms with Crippen LogP contribution < -0.4 is 21.5 Å². The molecule has 0 unspecified atom stereocenters. The Morgan fingerprint density at radius 2 is 1.72 bits per heavy atom. The maximum absolute atomic E-state index is 12.4. The molecule has 3 heterocycles. The number of para-hydroxylation sites is 1. The second kappa shape index (κ2) is 9.65. The summed E-state index contributed by atoms with van der Waals surface area (Å²) in [4.78, 5) is 33.1. The molecule has 1 aromatic carbocycles. The van der Waals surface area contributed by atoms with Gasteiger partial charge in [0.2, 0.25) is 5.91 Å². The van der Waals surface area contributed by atoms with Crippen molar-refractivity contribution in [3.63, 3.8) is 0 Å². The minimum Gasteiger partial charge on any atom is -0.367 e. The smallest absolute Gasteiger partial charge is 0.261 e. The van der Waals surface area contributed by atoms with E-state index in [9.17, 15) is 9.59 Å². The summed E-state index contributed by atoms with van der Waals surface area (Å²) < 4.78 is 1.30. The van der Waals surface area contributed by atoms with Gasteiger partial charge in [0, 0.05) is 19.3 Å². The first-order valence-corrected chi connectivity index (χ1v) is 10.1. The van der Waals surface area contributed by atoms with Crippen LogP contribution in [0.2, 0.25) is 0 Å². The van der Waals surface area contributed by atoms with Crippen LogP contribution in [0.3, 0.4) is 0 Å². The molecular weight excluding hydrogens is 408 g/mol. The highest BCUT2D eigenvalue weighted by Gasteiger charge is 2.07. The van der Waals surface area contributed by atoms with Crippen molar-refractivity contribution in [1.29, 1.82) is 0 Å². The summed E-state index contributed by atoms with van der Waals surface area (Å²) in [6, 6.07) is 14.4. The Morgan fingerprint density at radius 3 is 2.50 bits per heavy atom. The number of anilines is 3. The molecule has 0 aliphatic heterocycles. The number of carbonyl (C=O) groups is 1. The summed E-state index contributed by atoms with van der Waals surface area (Å²) in [6.45, 7) is 2.70. The van der Waals surface area contributed by atoms with Crippen molar-refractivity contribution < 1.29 is 4.79 Å². The number of pyridine rings is 1. The van der Waals surface area contributed by atoms with E-state index < -0.39 is 0 Å². The molecule has 3 N–H and O–H groups in total. The van der Waals surface area contributed by atoms with Crippen molar-refractivity contribution >= 4 is 34.3 Å². The van der Waals surface area contributed by atoms with Gasteiger partial charge in [-0.05, 0) is 42.8 Å². The molecule has 4 rings (SSSR count). The average Bonchev–Trinajstić information content (AvgIpc) is 2.81. The van der Waals surface area contributed by atoms with Gasteiger partial charge in [-0.15, -0.1) is 10.2 Å². The summed E-state index contributed by atoms with van der Waals surface area (Å²) in [5.74, 6) is 1.57. The minimum absolute atomic E-state index is 0.0934. The normalized spacial score (nSPS) is 10.7. The second-order valence-electron chi connectivity index (χ2n) is 7.12. The lowest BCUT2D eigenvalue weighted by atomic mass is 10.2. The zero-order chi connectivity index (χ0) is 22.3. The van der Waals surface area contributed by atoms with Gasteiger partial charge in [0.05, 0.1) is 17.2 Å². The van der Waals surface area contributed by atoms with Crippen LogP contribution in [-0.4, -0.2) is 43.7 Å². The Bertz CT molecular complexity index is 1270. The van der Waals surface area contributed by atoms with Gasteiger partial charge in [0.15, 0.2) is 5.82 Å². The van der Waals surface area contributed by atoms with Gasteiger partial charge in [0.25, 0.3) is 5.56 Å². The van der Waals surface area contributed by atoms with E-state index in [0.29, 0.717) is 41.4 Å². The summed E-state index contributed by atoms with van der Waals surface area (Å²) in [5, 5.41) is 17.6. The number of hydrogen-bond donors (Lipinski definition) is 3. The molecule has 0 spiro atoms. The van der Waals surface area contributed by atoms with Crippen molar-refractivity contribution in [1.82, 2.24) is 30.0 Å². The molecule has 0 atom stereocenters. The maximum Gasteiger partial charge on any atom is 0.261 e. The van der Waals surface area contributed by atoms with Crippen molar-refractivity contribution in [2.24, 2.45) is 0 Å². The fourth-order valence-electron chi connectivity index (χ4n) is 2.99. The van der Waals surface area contributed by atoms with Crippen LogP contribution in [0.1, 0.15) is 5.56 Å². The van der Waals surface area contributed by atoms with Crippen molar-refractivity contribution in [2.45, 2.75) is 13.5 Å². The van der Waals surface area contributed by atoms with Gasteiger partial charge in [0.1, 0.15) is 18.2 Å². The molecule has 0 radical (unpaired) electrons. The lowest BCUT2D eigenvalue weighted by molar-refractivity contribution is -0.121. The number of fused-ring (bicyclic) bond motifs is 1. The summed E-state index contributed by atoms with van der Waals surface area (Å²) in [5.41, 5.74) is 1.44.